The minimum atomic E-state index is -4.73. The van der Waals surface area contributed by atoms with E-state index in [4.69, 9.17) is 0 Å². The van der Waals surface area contributed by atoms with Gasteiger partial charge in [-0.25, -0.2) is 4.79 Å². The molecule has 0 saturated heterocycles. The molecule has 162 valence electrons. The smallest absolute Gasteiger partial charge is 0.416 e. The van der Waals surface area contributed by atoms with Crippen LogP contribution in [0.1, 0.15) is 38.8 Å². The highest BCUT2D eigenvalue weighted by atomic mass is 32.2. The van der Waals surface area contributed by atoms with Gasteiger partial charge in [0.2, 0.25) is 0 Å². The van der Waals surface area contributed by atoms with E-state index in [1.807, 2.05) is 0 Å². The quantitative estimate of drug-likeness (QED) is 0.351. The third-order valence-electron chi connectivity index (χ3n) is 3.85. The lowest BCUT2D eigenvalue weighted by Gasteiger charge is -2.15. The molecule has 0 aliphatic rings. The summed E-state index contributed by atoms with van der Waals surface area (Å²) in [6.07, 6.45) is -9.34. The second kappa shape index (κ2) is 8.99. The maximum Gasteiger partial charge on any atom is 0.416 e. The van der Waals surface area contributed by atoms with Crippen molar-refractivity contribution in [3.63, 3.8) is 0 Å². The number of alkyl halides is 6. The Morgan fingerprint density at radius 3 is 2.03 bits per heavy atom. The molecule has 0 aliphatic carbocycles. The maximum absolute atomic E-state index is 12.9. The van der Waals surface area contributed by atoms with Crippen molar-refractivity contribution in [2.75, 3.05) is 18.2 Å². The molecule has 0 spiro atoms. The molecule has 0 bridgehead atoms. The van der Waals surface area contributed by atoms with Gasteiger partial charge in [0, 0.05) is 4.90 Å². The summed E-state index contributed by atoms with van der Waals surface area (Å²) in [4.78, 5) is 24.6. The van der Waals surface area contributed by atoms with Crippen molar-refractivity contribution in [1.29, 1.82) is 0 Å². The summed E-state index contributed by atoms with van der Waals surface area (Å²) >= 11 is 0.991. The molecule has 0 atom stereocenters. The van der Waals surface area contributed by atoms with E-state index in [1.54, 1.807) is 6.92 Å². The first-order valence-corrected chi connectivity index (χ1v) is 9.32. The number of esters is 1. The van der Waals surface area contributed by atoms with Crippen LogP contribution < -0.4 is 5.32 Å². The molecule has 0 unspecified atom stereocenters. The molecule has 2 aromatic carbocycles. The van der Waals surface area contributed by atoms with Crippen molar-refractivity contribution in [1.82, 2.24) is 0 Å². The summed E-state index contributed by atoms with van der Waals surface area (Å²) in [5.74, 6) is -1.63. The van der Waals surface area contributed by atoms with Gasteiger partial charge in [-0.1, -0.05) is 6.92 Å². The lowest BCUT2D eigenvalue weighted by molar-refractivity contribution is -0.138. The van der Waals surface area contributed by atoms with E-state index in [0.29, 0.717) is 17.9 Å². The SMILES string of the molecule is CCSc1cc(C(F)(F)F)ccc1C(=O)Nc1ccc(C(F)(F)F)cc1C(=O)OC. The molecule has 0 heterocycles. The molecule has 1 N–H and O–H groups in total. The normalized spacial score (nSPS) is 11.9. The van der Waals surface area contributed by atoms with Gasteiger partial charge in [-0.3, -0.25) is 4.79 Å². The number of methoxy groups -OCH3 is 1. The summed E-state index contributed by atoms with van der Waals surface area (Å²) < 4.78 is 82.1. The Morgan fingerprint density at radius 2 is 1.50 bits per heavy atom. The van der Waals surface area contributed by atoms with E-state index in [-0.39, 0.29) is 16.1 Å². The van der Waals surface area contributed by atoms with Crippen molar-refractivity contribution in [2.45, 2.75) is 24.2 Å². The monoisotopic (exact) mass is 451 g/mol. The summed E-state index contributed by atoms with van der Waals surface area (Å²) in [7, 11) is 0.958. The van der Waals surface area contributed by atoms with Crippen LogP contribution in [0, 0.1) is 0 Å². The van der Waals surface area contributed by atoms with Crippen molar-refractivity contribution < 1.29 is 40.7 Å². The Balaban J connectivity index is 2.45. The molecular weight excluding hydrogens is 436 g/mol. The highest BCUT2D eigenvalue weighted by molar-refractivity contribution is 7.99. The zero-order valence-electron chi connectivity index (χ0n) is 15.6. The number of hydrogen-bond acceptors (Lipinski definition) is 4. The van der Waals surface area contributed by atoms with Gasteiger partial charge in [0.1, 0.15) is 0 Å². The second-order valence-corrected chi connectivity index (χ2v) is 7.15. The lowest BCUT2D eigenvalue weighted by atomic mass is 10.1. The van der Waals surface area contributed by atoms with Crippen LogP contribution in [0.4, 0.5) is 32.0 Å². The predicted molar refractivity (Wildman–Crippen MR) is 98.6 cm³/mol. The van der Waals surface area contributed by atoms with E-state index >= 15 is 0 Å². The number of anilines is 1. The van der Waals surface area contributed by atoms with Crippen LogP contribution in [-0.4, -0.2) is 24.7 Å². The Labute approximate surface area is 171 Å². The summed E-state index contributed by atoms with van der Waals surface area (Å²) in [5, 5.41) is 2.28. The van der Waals surface area contributed by atoms with Crippen LogP contribution in [0.15, 0.2) is 41.3 Å². The zero-order valence-corrected chi connectivity index (χ0v) is 16.4. The number of carbonyl (C=O) groups excluding carboxylic acids is 2. The molecule has 0 fully saturated rings. The number of ether oxygens (including phenoxy) is 1. The van der Waals surface area contributed by atoms with E-state index in [0.717, 1.165) is 43.1 Å². The first kappa shape index (κ1) is 23.6. The summed E-state index contributed by atoms with van der Waals surface area (Å²) in [6, 6.07) is 4.58. The second-order valence-electron chi connectivity index (χ2n) is 5.85. The van der Waals surface area contributed by atoms with Gasteiger partial charge in [0.05, 0.1) is 35.1 Å². The van der Waals surface area contributed by atoms with E-state index in [2.05, 4.69) is 10.1 Å². The fraction of sp³-hybridized carbons (Fsp3) is 0.263. The number of carbonyl (C=O) groups is 2. The van der Waals surface area contributed by atoms with E-state index < -0.39 is 40.9 Å². The molecule has 2 rings (SSSR count). The largest absolute Gasteiger partial charge is 0.465 e. The van der Waals surface area contributed by atoms with Crippen LogP contribution in [0.2, 0.25) is 0 Å². The number of benzene rings is 2. The Kier molecular flexibility index (Phi) is 7.06. The highest BCUT2D eigenvalue weighted by Crippen LogP contribution is 2.35. The van der Waals surface area contributed by atoms with Gasteiger partial charge >= 0.3 is 18.3 Å². The third kappa shape index (κ3) is 5.47. The zero-order chi connectivity index (χ0) is 22.7. The van der Waals surface area contributed by atoms with Gasteiger partial charge in [0.15, 0.2) is 0 Å². The fourth-order valence-corrected chi connectivity index (χ4v) is 3.30. The van der Waals surface area contributed by atoms with Gasteiger partial charge in [-0.2, -0.15) is 26.3 Å². The van der Waals surface area contributed by atoms with Gasteiger partial charge < -0.3 is 10.1 Å². The van der Waals surface area contributed by atoms with Gasteiger partial charge in [-0.05, 0) is 42.2 Å². The molecule has 11 heteroatoms. The van der Waals surface area contributed by atoms with Crippen molar-refractivity contribution in [2.24, 2.45) is 0 Å². The summed E-state index contributed by atoms with van der Waals surface area (Å²) in [6.45, 7) is 1.68. The Hall–Kier alpha value is -2.69. The molecule has 2 aromatic rings. The van der Waals surface area contributed by atoms with Crippen LogP contribution >= 0.6 is 11.8 Å². The molecule has 0 radical (unpaired) electrons. The fourth-order valence-electron chi connectivity index (χ4n) is 2.46. The average molecular weight is 451 g/mol. The number of rotatable bonds is 5. The standard InChI is InChI=1S/C19H15F6NO3S/c1-3-30-15-9-11(19(23,24)25)4-6-12(15)16(27)26-14-7-5-10(18(20,21)22)8-13(14)17(28)29-2/h4-9H,3H2,1-2H3,(H,26,27). The predicted octanol–water partition coefficient (Wildman–Crippen LogP) is 5.88. The Morgan fingerprint density at radius 1 is 0.933 bits per heavy atom. The number of thioether (sulfide) groups is 1. The van der Waals surface area contributed by atoms with Crippen molar-refractivity contribution >= 4 is 29.3 Å². The third-order valence-corrected chi connectivity index (χ3v) is 4.79. The number of halogens is 6. The number of hydrogen-bond donors (Lipinski definition) is 1. The number of nitrogens with one attached hydrogen (secondary N) is 1. The molecule has 4 nitrogen and oxygen atoms in total. The first-order chi connectivity index (χ1) is 13.9. The molecular formula is C19H15F6NO3S. The topological polar surface area (TPSA) is 55.4 Å². The van der Waals surface area contributed by atoms with Crippen molar-refractivity contribution in [3.8, 4) is 0 Å². The molecule has 1 amide bonds. The van der Waals surface area contributed by atoms with Crippen LogP contribution in [-0.2, 0) is 17.1 Å². The van der Waals surface area contributed by atoms with Gasteiger partial charge in [0.25, 0.3) is 5.91 Å². The first-order valence-electron chi connectivity index (χ1n) is 8.33. The van der Waals surface area contributed by atoms with Crippen LogP contribution in [0.5, 0.6) is 0 Å². The van der Waals surface area contributed by atoms with Crippen LogP contribution in [0.25, 0.3) is 0 Å². The Bertz CT molecular complexity index is 956. The number of amides is 1. The molecule has 0 aliphatic heterocycles. The summed E-state index contributed by atoms with van der Waals surface area (Å²) in [5.41, 5.74) is -3.01. The highest BCUT2D eigenvalue weighted by Gasteiger charge is 2.33. The molecule has 0 saturated carbocycles. The molecule has 30 heavy (non-hydrogen) atoms. The van der Waals surface area contributed by atoms with Gasteiger partial charge in [-0.15, -0.1) is 11.8 Å². The van der Waals surface area contributed by atoms with E-state index in [9.17, 15) is 35.9 Å². The van der Waals surface area contributed by atoms with Crippen LogP contribution in [0.3, 0.4) is 0 Å². The maximum atomic E-state index is 12.9. The van der Waals surface area contributed by atoms with Crippen molar-refractivity contribution in [3.05, 3.63) is 58.7 Å². The lowest BCUT2D eigenvalue weighted by Crippen LogP contribution is -2.18. The minimum absolute atomic E-state index is 0.0383. The average Bonchev–Trinajstić information content (AvgIpc) is 2.66. The minimum Gasteiger partial charge on any atom is -0.465 e. The van der Waals surface area contributed by atoms with E-state index in [1.165, 1.54) is 0 Å². The molecule has 0 aromatic heterocycles.